The summed E-state index contributed by atoms with van der Waals surface area (Å²) in [5.74, 6) is -0.0886. The third kappa shape index (κ3) is 3.45. The minimum absolute atomic E-state index is 0.0692. The maximum absolute atomic E-state index is 11.3. The van der Waals surface area contributed by atoms with Crippen LogP contribution in [0.3, 0.4) is 0 Å². The van der Waals surface area contributed by atoms with Gasteiger partial charge in [-0.25, -0.2) is 0 Å². The average Bonchev–Trinajstić information content (AvgIpc) is 2.04. The van der Waals surface area contributed by atoms with Crippen LogP contribution >= 0.6 is 12.6 Å². The maximum Gasteiger partial charge on any atom is 0.326 e. The van der Waals surface area contributed by atoms with E-state index in [1.54, 1.807) is 6.92 Å². The summed E-state index contributed by atoms with van der Waals surface area (Å²) in [7, 11) is 0. The van der Waals surface area contributed by atoms with E-state index in [0.717, 1.165) is 6.42 Å². The van der Waals surface area contributed by atoms with Crippen LogP contribution in [0.25, 0.3) is 0 Å². The van der Waals surface area contributed by atoms with Crippen LogP contribution in [-0.4, -0.2) is 23.4 Å². The van der Waals surface area contributed by atoms with Gasteiger partial charge in [-0.3, -0.25) is 4.79 Å². The molecule has 2 N–H and O–H groups in total. The van der Waals surface area contributed by atoms with Crippen LogP contribution in [0, 0.1) is 0 Å². The highest BCUT2D eigenvalue weighted by molar-refractivity contribution is 7.80. The molecule has 0 saturated heterocycles. The Morgan fingerprint density at radius 1 is 1.75 bits per heavy atom. The molecule has 0 aromatic carbocycles. The molecule has 72 valence electrons. The van der Waals surface area contributed by atoms with Gasteiger partial charge in [-0.1, -0.05) is 6.92 Å². The molecule has 0 rings (SSSR count). The van der Waals surface area contributed by atoms with E-state index in [-0.39, 0.29) is 12.1 Å². The van der Waals surface area contributed by atoms with E-state index in [4.69, 9.17) is 10.5 Å². The number of carbonyl (C=O) groups excluding carboxylic acids is 1. The van der Waals surface area contributed by atoms with Crippen molar-refractivity contribution in [3.63, 3.8) is 0 Å². The van der Waals surface area contributed by atoms with Crippen molar-refractivity contribution in [2.45, 2.75) is 38.8 Å². The smallest absolute Gasteiger partial charge is 0.326 e. The Morgan fingerprint density at radius 3 is 2.58 bits per heavy atom. The number of thiol groups is 1. The fraction of sp³-hybridized carbons (Fsp3) is 0.875. The quantitative estimate of drug-likeness (QED) is 0.514. The van der Waals surface area contributed by atoms with Gasteiger partial charge < -0.3 is 10.5 Å². The zero-order valence-electron chi connectivity index (χ0n) is 7.83. The van der Waals surface area contributed by atoms with Crippen molar-refractivity contribution in [3.8, 4) is 0 Å². The number of nitrogens with two attached hydrogens (primary N) is 1. The predicted molar refractivity (Wildman–Crippen MR) is 52.3 cm³/mol. The highest BCUT2D eigenvalue weighted by Gasteiger charge is 2.29. The van der Waals surface area contributed by atoms with Crippen LogP contribution in [0.1, 0.15) is 27.2 Å². The van der Waals surface area contributed by atoms with Gasteiger partial charge in [-0.05, 0) is 20.3 Å². The summed E-state index contributed by atoms with van der Waals surface area (Å²) in [5.41, 5.74) is 4.65. The van der Waals surface area contributed by atoms with Crippen LogP contribution in [0.4, 0.5) is 0 Å². The Morgan fingerprint density at radius 2 is 2.25 bits per heavy atom. The highest BCUT2D eigenvalue weighted by Crippen LogP contribution is 2.07. The molecule has 2 atom stereocenters. The Bertz CT molecular complexity index is 159. The van der Waals surface area contributed by atoms with Gasteiger partial charge in [-0.2, -0.15) is 12.6 Å². The summed E-state index contributed by atoms with van der Waals surface area (Å²) in [4.78, 5) is 11.3. The second-order valence-corrected chi connectivity index (χ2v) is 3.52. The first kappa shape index (κ1) is 11.8. The first-order chi connectivity index (χ1) is 5.44. The van der Waals surface area contributed by atoms with E-state index in [2.05, 4.69) is 12.6 Å². The zero-order chi connectivity index (χ0) is 9.78. The number of carbonyl (C=O) groups is 1. The van der Waals surface area contributed by atoms with Crippen molar-refractivity contribution in [2.24, 2.45) is 5.73 Å². The Balaban J connectivity index is 4.03. The molecular formula is C8H17NO2S. The van der Waals surface area contributed by atoms with Gasteiger partial charge in [0.1, 0.15) is 5.54 Å². The zero-order valence-corrected chi connectivity index (χ0v) is 8.73. The van der Waals surface area contributed by atoms with Gasteiger partial charge in [0.25, 0.3) is 0 Å². The normalized spacial score (nSPS) is 18.1. The molecule has 4 heteroatoms. The topological polar surface area (TPSA) is 52.3 Å². The highest BCUT2D eigenvalue weighted by atomic mass is 32.1. The van der Waals surface area contributed by atoms with Crippen LogP contribution < -0.4 is 5.73 Å². The number of hydrogen-bond acceptors (Lipinski definition) is 4. The molecule has 1 unspecified atom stereocenters. The second kappa shape index (κ2) is 4.72. The molecule has 12 heavy (non-hydrogen) atoms. The Kier molecular flexibility index (Phi) is 4.63. The van der Waals surface area contributed by atoms with E-state index in [1.165, 1.54) is 0 Å². The van der Waals surface area contributed by atoms with Crippen LogP contribution in [0.15, 0.2) is 0 Å². The molecule has 0 aromatic heterocycles. The standard InChI is InChI=1S/C8H17NO2S/c1-4-6(2)11-7(10)8(3,9)5-12/h6,12H,4-5,9H2,1-3H3/t6?,8-/m0/s1. The van der Waals surface area contributed by atoms with Crippen LogP contribution in [-0.2, 0) is 9.53 Å². The fourth-order valence-corrected chi connectivity index (χ4v) is 0.594. The first-order valence-corrected chi connectivity index (χ1v) is 4.68. The molecule has 0 aliphatic heterocycles. The molecule has 0 aliphatic rings. The van der Waals surface area contributed by atoms with E-state index in [0.29, 0.717) is 5.75 Å². The van der Waals surface area contributed by atoms with Gasteiger partial charge in [-0.15, -0.1) is 0 Å². The fourth-order valence-electron chi connectivity index (χ4n) is 0.465. The molecule has 0 aliphatic carbocycles. The predicted octanol–water partition coefficient (Wildman–Crippen LogP) is 0.975. The molecule has 0 aromatic rings. The van der Waals surface area contributed by atoms with E-state index in [9.17, 15) is 4.79 Å². The van der Waals surface area contributed by atoms with Crippen molar-refractivity contribution in [1.29, 1.82) is 0 Å². The summed E-state index contributed by atoms with van der Waals surface area (Å²) in [6.45, 7) is 5.41. The van der Waals surface area contributed by atoms with Gasteiger partial charge in [0.2, 0.25) is 0 Å². The average molecular weight is 191 g/mol. The number of hydrogen-bond donors (Lipinski definition) is 2. The molecular weight excluding hydrogens is 174 g/mol. The molecule has 0 amide bonds. The second-order valence-electron chi connectivity index (χ2n) is 3.20. The lowest BCUT2D eigenvalue weighted by atomic mass is 10.1. The largest absolute Gasteiger partial charge is 0.461 e. The van der Waals surface area contributed by atoms with Gasteiger partial charge in [0.05, 0.1) is 6.10 Å². The Labute approximate surface area is 79.1 Å². The van der Waals surface area contributed by atoms with Crippen molar-refractivity contribution in [1.82, 2.24) is 0 Å². The first-order valence-electron chi connectivity index (χ1n) is 4.05. The molecule has 0 spiro atoms. The Hall–Kier alpha value is -0.220. The number of ether oxygens (including phenoxy) is 1. The molecule has 0 bridgehead atoms. The minimum Gasteiger partial charge on any atom is -0.461 e. The maximum atomic E-state index is 11.3. The number of rotatable bonds is 4. The summed E-state index contributed by atoms with van der Waals surface area (Å²) in [6.07, 6.45) is 0.731. The summed E-state index contributed by atoms with van der Waals surface area (Å²) in [5, 5.41) is 0. The molecule has 0 fully saturated rings. The molecule has 0 heterocycles. The van der Waals surface area contributed by atoms with E-state index in [1.807, 2.05) is 13.8 Å². The summed E-state index contributed by atoms with van der Waals surface area (Å²) in [6, 6.07) is 0. The van der Waals surface area contributed by atoms with Gasteiger partial charge in [0.15, 0.2) is 0 Å². The van der Waals surface area contributed by atoms with E-state index < -0.39 is 5.54 Å². The lowest BCUT2D eigenvalue weighted by Gasteiger charge is -2.22. The summed E-state index contributed by atoms with van der Waals surface area (Å²) >= 11 is 3.97. The van der Waals surface area contributed by atoms with Gasteiger partial charge in [0, 0.05) is 5.75 Å². The lowest BCUT2D eigenvalue weighted by Crippen LogP contribution is -2.48. The monoisotopic (exact) mass is 191 g/mol. The van der Waals surface area contributed by atoms with Gasteiger partial charge >= 0.3 is 5.97 Å². The SMILES string of the molecule is CCC(C)OC(=O)[C@@](C)(N)CS. The third-order valence-electron chi connectivity index (χ3n) is 1.68. The molecule has 0 saturated carbocycles. The van der Waals surface area contributed by atoms with Crippen molar-refractivity contribution in [3.05, 3.63) is 0 Å². The minimum atomic E-state index is -0.966. The molecule has 3 nitrogen and oxygen atoms in total. The lowest BCUT2D eigenvalue weighted by molar-refractivity contribution is -0.153. The third-order valence-corrected chi connectivity index (χ3v) is 2.33. The summed E-state index contributed by atoms with van der Waals surface area (Å²) < 4.78 is 5.04. The van der Waals surface area contributed by atoms with Crippen molar-refractivity contribution < 1.29 is 9.53 Å². The molecule has 0 radical (unpaired) electrons. The number of esters is 1. The van der Waals surface area contributed by atoms with Crippen LogP contribution in [0.2, 0.25) is 0 Å². The van der Waals surface area contributed by atoms with E-state index >= 15 is 0 Å². The van der Waals surface area contributed by atoms with Crippen molar-refractivity contribution >= 4 is 18.6 Å². The van der Waals surface area contributed by atoms with Crippen LogP contribution in [0.5, 0.6) is 0 Å². The van der Waals surface area contributed by atoms with Crippen molar-refractivity contribution in [2.75, 3.05) is 5.75 Å².